The van der Waals surface area contributed by atoms with Crippen LogP contribution in [0.25, 0.3) is 0 Å². The van der Waals surface area contributed by atoms with Gasteiger partial charge < -0.3 is 14.7 Å². The SMILES string of the molecule is CCOc1ccc([C@H](O)CN2CCN(c3ccccc3F)CC2)cc1. The molecule has 3 rings (SSSR count). The standard InChI is InChI=1S/C20H25FN2O2/c1-2-25-17-9-7-16(8-10-17)20(24)15-22-11-13-23(14-12-22)19-6-4-3-5-18(19)21/h3-10,20,24H,2,11-15H2,1H3/t20-/m1/s1. The molecule has 0 saturated carbocycles. The van der Waals surface area contributed by atoms with Crippen molar-refractivity contribution in [2.24, 2.45) is 0 Å². The van der Waals surface area contributed by atoms with Crippen LogP contribution in [0.3, 0.4) is 0 Å². The van der Waals surface area contributed by atoms with Crippen LogP contribution in [0.1, 0.15) is 18.6 Å². The third-order valence-electron chi connectivity index (χ3n) is 4.57. The number of aliphatic hydroxyl groups is 1. The van der Waals surface area contributed by atoms with Crippen molar-refractivity contribution in [3.8, 4) is 5.75 Å². The highest BCUT2D eigenvalue weighted by Crippen LogP contribution is 2.22. The number of hydrogen-bond donors (Lipinski definition) is 1. The van der Waals surface area contributed by atoms with Gasteiger partial charge in [-0.2, -0.15) is 0 Å². The summed E-state index contributed by atoms with van der Waals surface area (Å²) in [4.78, 5) is 4.29. The minimum Gasteiger partial charge on any atom is -0.494 e. The Hall–Kier alpha value is -2.11. The maximum absolute atomic E-state index is 13.9. The van der Waals surface area contributed by atoms with Crippen LogP contribution < -0.4 is 9.64 Å². The molecule has 1 fully saturated rings. The normalized spacial score (nSPS) is 16.7. The molecule has 1 aliphatic rings. The molecule has 0 bridgehead atoms. The summed E-state index contributed by atoms with van der Waals surface area (Å²) >= 11 is 0. The van der Waals surface area contributed by atoms with E-state index in [9.17, 15) is 9.50 Å². The molecule has 0 amide bonds. The summed E-state index contributed by atoms with van der Waals surface area (Å²) < 4.78 is 19.3. The molecular weight excluding hydrogens is 319 g/mol. The average molecular weight is 344 g/mol. The number of nitrogens with zero attached hydrogens (tertiary/aromatic N) is 2. The molecule has 134 valence electrons. The van der Waals surface area contributed by atoms with Gasteiger partial charge in [-0.15, -0.1) is 0 Å². The summed E-state index contributed by atoms with van der Waals surface area (Å²) in [5.41, 5.74) is 1.55. The van der Waals surface area contributed by atoms with E-state index in [4.69, 9.17) is 4.74 Å². The third kappa shape index (κ3) is 4.50. The number of anilines is 1. The Bertz CT molecular complexity index is 670. The zero-order chi connectivity index (χ0) is 17.6. The first kappa shape index (κ1) is 17.7. The van der Waals surface area contributed by atoms with E-state index in [1.54, 1.807) is 6.07 Å². The Kier molecular flexibility index (Phi) is 5.89. The van der Waals surface area contributed by atoms with Crippen molar-refractivity contribution in [2.45, 2.75) is 13.0 Å². The van der Waals surface area contributed by atoms with Gasteiger partial charge in [-0.25, -0.2) is 4.39 Å². The van der Waals surface area contributed by atoms with Crippen molar-refractivity contribution in [1.82, 2.24) is 4.90 Å². The van der Waals surface area contributed by atoms with Gasteiger partial charge >= 0.3 is 0 Å². The van der Waals surface area contributed by atoms with E-state index in [1.165, 1.54) is 6.07 Å². The molecule has 0 aromatic heterocycles. The van der Waals surface area contributed by atoms with Crippen LogP contribution in [-0.2, 0) is 0 Å². The zero-order valence-corrected chi connectivity index (χ0v) is 14.6. The molecular formula is C20H25FN2O2. The lowest BCUT2D eigenvalue weighted by molar-refractivity contribution is 0.109. The fraction of sp³-hybridized carbons (Fsp3) is 0.400. The summed E-state index contributed by atoms with van der Waals surface area (Å²) in [6.07, 6.45) is -0.532. The van der Waals surface area contributed by atoms with Crippen LogP contribution in [0.15, 0.2) is 48.5 Å². The van der Waals surface area contributed by atoms with E-state index in [-0.39, 0.29) is 5.82 Å². The Morgan fingerprint density at radius 3 is 2.36 bits per heavy atom. The Balaban J connectivity index is 1.52. The summed E-state index contributed by atoms with van der Waals surface area (Å²) in [5, 5.41) is 10.5. The molecule has 2 aromatic rings. The molecule has 0 spiro atoms. The van der Waals surface area contributed by atoms with Gasteiger partial charge in [-0.3, -0.25) is 4.90 Å². The molecule has 1 saturated heterocycles. The first-order valence-corrected chi connectivity index (χ1v) is 8.80. The number of rotatable bonds is 6. The minimum atomic E-state index is -0.532. The number of para-hydroxylation sites is 1. The quantitative estimate of drug-likeness (QED) is 0.874. The van der Waals surface area contributed by atoms with Gasteiger partial charge in [-0.05, 0) is 36.8 Å². The lowest BCUT2D eigenvalue weighted by Crippen LogP contribution is -2.47. The number of benzene rings is 2. The zero-order valence-electron chi connectivity index (χ0n) is 14.6. The van der Waals surface area contributed by atoms with Gasteiger partial charge in [-0.1, -0.05) is 24.3 Å². The van der Waals surface area contributed by atoms with Gasteiger partial charge in [0.2, 0.25) is 0 Å². The van der Waals surface area contributed by atoms with E-state index in [0.29, 0.717) is 18.8 Å². The Labute approximate surface area is 148 Å². The Morgan fingerprint density at radius 1 is 1.04 bits per heavy atom. The molecule has 1 atom stereocenters. The largest absolute Gasteiger partial charge is 0.494 e. The van der Waals surface area contributed by atoms with Crippen LogP contribution in [0, 0.1) is 5.82 Å². The highest BCUT2D eigenvalue weighted by atomic mass is 19.1. The summed E-state index contributed by atoms with van der Waals surface area (Å²) in [6.45, 7) is 6.30. The van der Waals surface area contributed by atoms with Crippen molar-refractivity contribution >= 4 is 5.69 Å². The number of hydrogen-bond acceptors (Lipinski definition) is 4. The van der Waals surface area contributed by atoms with E-state index < -0.39 is 6.10 Å². The van der Waals surface area contributed by atoms with Gasteiger partial charge in [0.1, 0.15) is 11.6 Å². The number of β-amino-alcohol motifs (C(OH)–C–C–N with tert-alkyl or cyclic N) is 1. The third-order valence-corrected chi connectivity index (χ3v) is 4.57. The summed E-state index contributed by atoms with van der Waals surface area (Å²) in [5.74, 6) is 0.641. The minimum absolute atomic E-state index is 0.176. The van der Waals surface area contributed by atoms with Crippen molar-refractivity contribution in [1.29, 1.82) is 0 Å². The van der Waals surface area contributed by atoms with Gasteiger partial charge in [0.15, 0.2) is 0 Å². The fourth-order valence-electron chi connectivity index (χ4n) is 3.18. The number of aliphatic hydroxyl groups excluding tert-OH is 1. The highest BCUT2D eigenvalue weighted by Gasteiger charge is 2.21. The van der Waals surface area contributed by atoms with E-state index in [1.807, 2.05) is 43.3 Å². The van der Waals surface area contributed by atoms with Gasteiger partial charge in [0, 0.05) is 32.7 Å². The second-order valence-corrected chi connectivity index (χ2v) is 6.26. The van der Waals surface area contributed by atoms with Crippen molar-refractivity contribution in [2.75, 3.05) is 44.2 Å². The highest BCUT2D eigenvalue weighted by molar-refractivity contribution is 5.48. The summed E-state index contributed by atoms with van der Waals surface area (Å²) in [6, 6.07) is 14.5. The second-order valence-electron chi connectivity index (χ2n) is 6.26. The lowest BCUT2D eigenvalue weighted by Gasteiger charge is -2.37. The number of ether oxygens (including phenoxy) is 1. The molecule has 0 unspecified atom stereocenters. The molecule has 25 heavy (non-hydrogen) atoms. The molecule has 1 N–H and O–H groups in total. The number of halogens is 1. The first-order valence-electron chi connectivity index (χ1n) is 8.80. The molecule has 0 radical (unpaired) electrons. The predicted octanol–water partition coefficient (Wildman–Crippen LogP) is 3.08. The van der Waals surface area contributed by atoms with Crippen molar-refractivity contribution in [3.05, 3.63) is 59.9 Å². The molecule has 4 nitrogen and oxygen atoms in total. The topological polar surface area (TPSA) is 35.9 Å². The molecule has 0 aliphatic carbocycles. The Morgan fingerprint density at radius 2 is 1.72 bits per heavy atom. The molecule has 2 aromatic carbocycles. The average Bonchev–Trinajstić information content (AvgIpc) is 2.64. The molecule has 5 heteroatoms. The van der Waals surface area contributed by atoms with Crippen LogP contribution in [0.2, 0.25) is 0 Å². The van der Waals surface area contributed by atoms with Crippen molar-refractivity contribution in [3.63, 3.8) is 0 Å². The smallest absolute Gasteiger partial charge is 0.146 e. The lowest BCUT2D eigenvalue weighted by atomic mass is 10.1. The van der Waals surface area contributed by atoms with Crippen LogP contribution in [0.4, 0.5) is 10.1 Å². The maximum Gasteiger partial charge on any atom is 0.146 e. The first-order chi connectivity index (χ1) is 12.2. The van der Waals surface area contributed by atoms with Crippen molar-refractivity contribution < 1.29 is 14.2 Å². The monoisotopic (exact) mass is 344 g/mol. The fourth-order valence-corrected chi connectivity index (χ4v) is 3.18. The van der Waals surface area contributed by atoms with E-state index >= 15 is 0 Å². The van der Waals surface area contributed by atoms with Gasteiger partial charge in [0.25, 0.3) is 0 Å². The van der Waals surface area contributed by atoms with Crippen LogP contribution in [-0.4, -0.2) is 49.3 Å². The number of piperazine rings is 1. The van der Waals surface area contributed by atoms with E-state index in [2.05, 4.69) is 9.80 Å². The molecule has 1 aliphatic heterocycles. The van der Waals surface area contributed by atoms with Gasteiger partial charge in [0.05, 0.1) is 18.4 Å². The maximum atomic E-state index is 13.9. The van der Waals surface area contributed by atoms with E-state index in [0.717, 1.165) is 37.5 Å². The molecule has 1 heterocycles. The summed E-state index contributed by atoms with van der Waals surface area (Å²) in [7, 11) is 0. The predicted molar refractivity (Wildman–Crippen MR) is 97.6 cm³/mol. The van der Waals surface area contributed by atoms with Crippen LogP contribution >= 0.6 is 0 Å². The second kappa shape index (κ2) is 8.32. The van der Waals surface area contributed by atoms with Crippen LogP contribution in [0.5, 0.6) is 5.75 Å².